The van der Waals surface area contributed by atoms with Crippen molar-refractivity contribution < 1.29 is 4.74 Å². The molecular formula is C15H24N2OS. The van der Waals surface area contributed by atoms with E-state index in [1.807, 2.05) is 5.51 Å². The van der Waals surface area contributed by atoms with Crippen molar-refractivity contribution in [3.63, 3.8) is 0 Å². The van der Waals surface area contributed by atoms with Gasteiger partial charge in [-0.1, -0.05) is 24.8 Å². The third-order valence-corrected chi connectivity index (χ3v) is 4.33. The van der Waals surface area contributed by atoms with Gasteiger partial charge in [0.05, 0.1) is 17.8 Å². The molecule has 1 heterocycles. The largest absolute Gasteiger partial charge is 0.383 e. The molecule has 0 saturated heterocycles. The van der Waals surface area contributed by atoms with E-state index in [9.17, 15) is 0 Å². The first-order valence-corrected chi connectivity index (χ1v) is 8.12. The molecule has 0 spiro atoms. The van der Waals surface area contributed by atoms with E-state index in [0.717, 1.165) is 31.3 Å². The zero-order chi connectivity index (χ0) is 13.3. The standard InChI is InChI=1S/C15H24N2OS/c1-18-8-7-16-10-14(9-15-11-19-12-17-15)13-5-3-2-4-6-13/h9,11-13,16H,2-8,10H2,1H3. The quantitative estimate of drug-likeness (QED) is 0.778. The van der Waals surface area contributed by atoms with Crippen molar-refractivity contribution in [2.75, 3.05) is 26.8 Å². The van der Waals surface area contributed by atoms with E-state index in [4.69, 9.17) is 4.74 Å². The Morgan fingerprint density at radius 1 is 1.47 bits per heavy atom. The molecule has 1 fully saturated rings. The molecule has 1 N–H and O–H groups in total. The van der Waals surface area contributed by atoms with Crippen LogP contribution in [0, 0.1) is 5.92 Å². The molecule has 106 valence electrons. The molecule has 0 radical (unpaired) electrons. The molecule has 0 bridgehead atoms. The SMILES string of the molecule is COCCNCC(=Cc1cscn1)C1CCCCC1. The van der Waals surface area contributed by atoms with Gasteiger partial charge in [0.15, 0.2) is 0 Å². The highest BCUT2D eigenvalue weighted by atomic mass is 32.1. The van der Waals surface area contributed by atoms with Gasteiger partial charge in [-0.15, -0.1) is 11.3 Å². The van der Waals surface area contributed by atoms with E-state index in [1.165, 1.54) is 37.7 Å². The number of hydrogen-bond acceptors (Lipinski definition) is 4. The molecule has 1 aromatic heterocycles. The summed E-state index contributed by atoms with van der Waals surface area (Å²) in [5.74, 6) is 0.741. The number of rotatable bonds is 7. The summed E-state index contributed by atoms with van der Waals surface area (Å²) in [5.41, 5.74) is 4.53. The lowest BCUT2D eigenvalue weighted by Gasteiger charge is -2.25. The topological polar surface area (TPSA) is 34.1 Å². The highest BCUT2D eigenvalue weighted by molar-refractivity contribution is 7.07. The predicted molar refractivity (Wildman–Crippen MR) is 81.4 cm³/mol. The molecule has 1 aromatic rings. The van der Waals surface area contributed by atoms with Gasteiger partial charge in [-0.3, -0.25) is 0 Å². The van der Waals surface area contributed by atoms with Crippen molar-refractivity contribution in [2.45, 2.75) is 32.1 Å². The van der Waals surface area contributed by atoms with Gasteiger partial charge >= 0.3 is 0 Å². The molecule has 1 aliphatic carbocycles. The summed E-state index contributed by atoms with van der Waals surface area (Å²) < 4.78 is 5.08. The summed E-state index contributed by atoms with van der Waals surface area (Å²) in [6.07, 6.45) is 9.10. The van der Waals surface area contributed by atoms with Crippen LogP contribution < -0.4 is 5.32 Å². The fourth-order valence-electron chi connectivity index (χ4n) is 2.68. The number of methoxy groups -OCH3 is 1. The second-order valence-electron chi connectivity index (χ2n) is 5.14. The fourth-order valence-corrected chi connectivity index (χ4v) is 3.19. The zero-order valence-corrected chi connectivity index (χ0v) is 12.5. The van der Waals surface area contributed by atoms with Gasteiger partial charge in [0.1, 0.15) is 0 Å². The number of ether oxygens (including phenoxy) is 1. The minimum atomic E-state index is 0.741. The van der Waals surface area contributed by atoms with Crippen molar-refractivity contribution in [3.05, 3.63) is 22.2 Å². The van der Waals surface area contributed by atoms with Gasteiger partial charge in [-0.2, -0.15) is 0 Å². The van der Waals surface area contributed by atoms with Crippen molar-refractivity contribution >= 4 is 17.4 Å². The average Bonchev–Trinajstić information content (AvgIpc) is 2.96. The van der Waals surface area contributed by atoms with E-state index in [0.29, 0.717) is 0 Å². The number of aromatic nitrogens is 1. The van der Waals surface area contributed by atoms with E-state index in [-0.39, 0.29) is 0 Å². The maximum Gasteiger partial charge on any atom is 0.0798 e. The van der Waals surface area contributed by atoms with Gasteiger partial charge < -0.3 is 10.1 Å². The summed E-state index contributed by atoms with van der Waals surface area (Å²) in [6, 6.07) is 0. The summed E-state index contributed by atoms with van der Waals surface area (Å²) in [7, 11) is 1.74. The Bertz CT molecular complexity index is 370. The van der Waals surface area contributed by atoms with E-state index < -0.39 is 0 Å². The number of nitrogens with one attached hydrogen (secondary N) is 1. The van der Waals surface area contributed by atoms with Gasteiger partial charge in [-0.05, 0) is 24.8 Å². The van der Waals surface area contributed by atoms with Crippen molar-refractivity contribution in [2.24, 2.45) is 5.92 Å². The Morgan fingerprint density at radius 3 is 3.00 bits per heavy atom. The highest BCUT2D eigenvalue weighted by Crippen LogP contribution is 2.30. The van der Waals surface area contributed by atoms with E-state index in [2.05, 4.69) is 21.8 Å². The molecule has 1 saturated carbocycles. The maximum atomic E-state index is 5.08. The molecule has 19 heavy (non-hydrogen) atoms. The van der Waals surface area contributed by atoms with Crippen LogP contribution in [0.3, 0.4) is 0 Å². The first kappa shape index (κ1) is 14.7. The van der Waals surface area contributed by atoms with Gasteiger partial charge in [0, 0.05) is 25.6 Å². The molecule has 0 atom stereocenters. The van der Waals surface area contributed by atoms with Crippen LogP contribution in [0.5, 0.6) is 0 Å². The van der Waals surface area contributed by atoms with Gasteiger partial charge in [0.2, 0.25) is 0 Å². The lowest BCUT2D eigenvalue weighted by molar-refractivity contribution is 0.200. The predicted octanol–water partition coefficient (Wildman–Crippen LogP) is 3.34. The van der Waals surface area contributed by atoms with Crippen molar-refractivity contribution in [3.8, 4) is 0 Å². The van der Waals surface area contributed by atoms with Crippen molar-refractivity contribution in [1.82, 2.24) is 10.3 Å². The third-order valence-electron chi connectivity index (χ3n) is 3.73. The van der Waals surface area contributed by atoms with Crippen LogP contribution in [0.15, 0.2) is 16.5 Å². The van der Waals surface area contributed by atoms with Crippen LogP contribution >= 0.6 is 11.3 Å². The fraction of sp³-hybridized carbons (Fsp3) is 0.667. The lowest BCUT2D eigenvalue weighted by atomic mass is 9.83. The zero-order valence-electron chi connectivity index (χ0n) is 11.7. The van der Waals surface area contributed by atoms with Crippen LogP contribution in [0.25, 0.3) is 6.08 Å². The van der Waals surface area contributed by atoms with E-state index in [1.54, 1.807) is 18.4 Å². The first-order valence-electron chi connectivity index (χ1n) is 7.18. The molecule has 4 heteroatoms. The first-order chi connectivity index (χ1) is 9.40. The Balaban J connectivity index is 1.95. The second kappa shape index (κ2) is 8.46. The van der Waals surface area contributed by atoms with Gasteiger partial charge in [0.25, 0.3) is 0 Å². The minimum Gasteiger partial charge on any atom is -0.383 e. The number of hydrogen-bond donors (Lipinski definition) is 1. The minimum absolute atomic E-state index is 0.741. The Labute approximate surface area is 120 Å². The third kappa shape index (κ3) is 5.05. The Kier molecular flexibility index (Phi) is 6.54. The summed E-state index contributed by atoms with van der Waals surface area (Å²) >= 11 is 1.66. The Hall–Kier alpha value is -0.710. The van der Waals surface area contributed by atoms with Crippen LogP contribution in [0.2, 0.25) is 0 Å². The molecule has 0 aromatic carbocycles. The monoisotopic (exact) mass is 280 g/mol. The highest BCUT2D eigenvalue weighted by Gasteiger charge is 2.17. The lowest BCUT2D eigenvalue weighted by Crippen LogP contribution is -2.25. The van der Waals surface area contributed by atoms with Crippen LogP contribution in [0.4, 0.5) is 0 Å². The smallest absolute Gasteiger partial charge is 0.0798 e. The average molecular weight is 280 g/mol. The molecule has 0 amide bonds. The molecule has 2 rings (SSSR count). The molecular weight excluding hydrogens is 256 g/mol. The van der Waals surface area contributed by atoms with E-state index >= 15 is 0 Å². The maximum absolute atomic E-state index is 5.08. The summed E-state index contributed by atoms with van der Waals surface area (Å²) in [4.78, 5) is 4.38. The summed E-state index contributed by atoms with van der Waals surface area (Å²) in [5, 5.41) is 5.60. The van der Waals surface area contributed by atoms with Gasteiger partial charge in [-0.25, -0.2) is 4.98 Å². The van der Waals surface area contributed by atoms with Crippen LogP contribution in [-0.2, 0) is 4.74 Å². The number of thiazole rings is 1. The molecule has 0 aliphatic heterocycles. The van der Waals surface area contributed by atoms with Crippen LogP contribution in [0.1, 0.15) is 37.8 Å². The molecule has 3 nitrogen and oxygen atoms in total. The normalized spacial score (nSPS) is 17.8. The Morgan fingerprint density at radius 2 is 2.32 bits per heavy atom. The molecule has 0 unspecified atom stereocenters. The van der Waals surface area contributed by atoms with Crippen LogP contribution in [-0.4, -0.2) is 31.8 Å². The summed E-state index contributed by atoms with van der Waals surface area (Å²) in [6.45, 7) is 2.65. The second-order valence-corrected chi connectivity index (χ2v) is 5.86. The number of nitrogens with zero attached hydrogens (tertiary/aromatic N) is 1. The van der Waals surface area contributed by atoms with Crippen molar-refractivity contribution in [1.29, 1.82) is 0 Å². The molecule has 1 aliphatic rings.